The van der Waals surface area contributed by atoms with Gasteiger partial charge in [-0.25, -0.2) is 0 Å². The number of carbonyl (C=O) groups is 1. The Morgan fingerprint density at radius 1 is 1.29 bits per heavy atom. The number of nitrogens with one attached hydrogen (secondary N) is 1. The summed E-state index contributed by atoms with van der Waals surface area (Å²) in [4.78, 5) is 12.4. The van der Waals surface area contributed by atoms with Crippen LogP contribution in [0.15, 0.2) is 42.5 Å². The smallest absolute Gasteiger partial charge is 0.231 e. The van der Waals surface area contributed by atoms with Crippen LogP contribution in [0.5, 0.6) is 5.75 Å². The molecule has 0 radical (unpaired) electrons. The number of nitrogens with two attached hydrogens (primary N) is 1. The summed E-state index contributed by atoms with van der Waals surface area (Å²) in [6.45, 7) is 2.34. The number of aryl methyl sites for hydroxylation is 1. The Balaban J connectivity index is 1.70. The van der Waals surface area contributed by atoms with Gasteiger partial charge in [-0.05, 0) is 48.7 Å². The van der Waals surface area contributed by atoms with Crippen molar-refractivity contribution in [3.05, 3.63) is 53.6 Å². The average Bonchev–Trinajstić information content (AvgIpc) is 2.50. The van der Waals surface area contributed by atoms with Crippen LogP contribution in [0.2, 0.25) is 0 Å². The monoisotopic (exact) mass is 282 g/mol. The molecule has 4 nitrogen and oxygen atoms in total. The molecule has 1 aliphatic rings. The molecule has 4 heteroatoms. The molecule has 2 aromatic carbocycles. The van der Waals surface area contributed by atoms with E-state index < -0.39 is 0 Å². The van der Waals surface area contributed by atoms with E-state index in [0.29, 0.717) is 13.0 Å². The Morgan fingerprint density at radius 2 is 2.10 bits per heavy atom. The Bertz CT molecular complexity index is 682. The molecule has 0 saturated carbocycles. The van der Waals surface area contributed by atoms with E-state index in [2.05, 4.69) is 5.32 Å². The SMILES string of the molecule is Cc1cc(NC(=O)C2COc3ccccc3C2)ccc1N. The number of carbonyl (C=O) groups excluding carboxylic acids is 1. The molecule has 0 fully saturated rings. The molecular weight excluding hydrogens is 264 g/mol. The van der Waals surface area contributed by atoms with Crippen LogP contribution in [0.4, 0.5) is 11.4 Å². The average molecular weight is 282 g/mol. The van der Waals surface area contributed by atoms with Crippen molar-refractivity contribution in [1.82, 2.24) is 0 Å². The van der Waals surface area contributed by atoms with Crippen LogP contribution in [0, 0.1) is 12.8 Å². The van der Waals surface area contributed by atoms with Crippen LogP contribution >= 0.6 is 0 Å². The first-order valence-electron chi connectivity index (χ1n) is 7.01. The second-order valence-corrected chi connectivity index (χ2v) is 5.38. The van der Waals surface area contributed by atoms with Gasteiger partial charge in [-0.15, -0.1) is 0 Å². The maximum Gasteiger partial charge on any atom is 0.231 e. The van der Waals surface area contributed by atoms with Crippen molar-refractivity contribution >= 4 is 17.3 Å². The molecule has 1 heterocycles. The number of hydrogen-bond donors (Lipinski definition) is 2. The number of fused-ring (bicyclic) bond motifs is 1. The summed E-state index contributed by atoms with van der Waals surface area (Å²) in [6, 6.07) is 13.3. The first-order valence-corrected chi connectivity index (χ1v) is 7.01. The predicted molar refractivity (Wildman–Crippen MR) is 83.4 cm³/mol. The molecule has 0 saturated heterocycles. The first-order chi connectivity index (χ1) is 10.1. The topological polar surface area (TPSA) is 64.3 Å². The van der Waals surface area contributed by atoms with Gasteiger partial charge in [0.2, 0.25) is 5.91 Å². The van der Waals surface area contributed by atoms with Crippen LogP contribution < -0.4 is 15.8 Å². The van der Waals surface area contributed by atoms with Crippen molar-refractivity contribution in [2.24, 2.45) is 5.92 Å². The summed E-state index contributed by atoms with van der Waals surface area (Å²) in [5, 5.41) is 2.94. The van der Waals surface area contributed by atoms with Crippen LogP contribution in [0.1, 0.15) is 11.1 Å². The molecule has 3 N–H and O–H groups in total. The fourth-order valence-electron chi connectivity index (χ4n) is 2.49. The van der Waals surface area contributed by atoms with Gasteiger partial charge in [0.15, 0.2) is 0 Å². The lowest BCUT2D eigenvalue weighted by molar-refractivity contribution is -0.121. The highest BCUT2D eigenvalue weighted by molar-refractivity contribution is 5.93. The zero-order chi connectivity index (χ0) is 14.8. The number of nitrogen functional groups attached to an aromatic ring is 1. The third-order valence-corrected chi connectivity index (χ3v) is 3.79. The van der Waals surface area contributed by atoms with Crippen LogP contribution in [-0.2, 0) is 11.2 Å². The molecule has 21 heavy (non-hydrogen) atoms. The van der Waals surface area contributed by atoms with Gasteiger partial charge in [0.25, 0.3) is 0 Å². The third kappa shape index (κ3) is 2.84. The zero-order valence-electron chi connectivity index (χ0n) is 11.9. The highest BCUT2D eigenvalue weighted by Gasteiger charge is 2.25. The number of hydrogen-bond acceptors (Lipinski definition) is 3. The van der Waals surface area contributed by atoms with Gasteiger partial charge in [-0.2, -0.15) is 0 Å². The maximum absolute atomic E-state index is 12.4. The minimum Gasteiger partial charge on any atom is -0.492 e. The number of anilines is 2. The van der Waals surface area contributed by atoms with E-state index in [-0.39, 0.29) is 11.8 Å². The van der Waals surface area contributed by atoms with E-state index in [1.807, 2.05) is 43.3 Å². The fourth-order valence-corrected chi connectivity index (χ4v) is 2.49. The molecule has 2 aromatic rings. The van der Waals surface area contributed by atoms with Crippen molar-refractivity contribution in [2.75, 3.05) is 17.7 Å². The second-order valence-electron chi connectivity index (χ2n) is 5.38. The Labute approximate surface area is 123 Å². The third-order valence-electron chi connectivity index (χ3n) is 3.79. The lowest BCUT2D eigenvalue weighted by Crippen LogP contribution is -2.32. The van der Waals surface area contributed by atoms with Gasteiger partial charge >= 0.3 is 0 Å². The van der Waals surface area contributed by atoms with Crippen molar-refractivity contribution in [3.8, 4) is 5.75 Å². The number of benzene rings is 2. The van der Waals surface area contributed by atoms with Crippen molar-refractivity contribution in [2.45, 2.75) is 13.3 Å². The van der Waals surface area contributed by atoms with E-state index in [4.69, 9.17) is 10.5 Å². The van der Waals surface area contributed by atoms with E-state index in [1.54, 1.807) is 6.07 Å². The van der Waals surface area contributed by atoms with Gasteiger partial charge in [0, 0.05) is 11.4 Å². The molecule has 0 aliphatic carbocycles. The summed E-state index contributed by atoms with van der Waals surface area (Å²) in [5.41, 5.74) is 9.31. The fraction of sp³-hybridized carbons (Fsp3) is 0.235. The van der Waals surface area contributed by atoms with Crippen LogP contribution in [-0.4, -0.2) is 12.5 Å². The van der Waals surface area contributed by atoms with E-state index in [9.17, 15) is 4.79 Å². The van der Waals surface area contributed by atoms with Gasteiger partial charge < -0.3 is 15.8 Å². The maximum atomic E-state index is 12.4. The molecule has 108 valence electrons. The predicted octanol–water partition coefficient (Wildman–Crippen LogP) is 2.77. The van der Waals surface area contributed by atoms with E-state index in [0.717, 1.165) is 28.3 Å². The molecule has 1 unspecified atom stereocenters. The van der Waals surface area contributed by atoms with Crippen molar-refractivity contribution < 1.29 is 9.53 Å². The number of rotatable bonds is 2. The summed E-state index contributed by atoms with van der Waals surface area (Å²) < 4.78 is 5.66. The van der Waals surface area contributed by atoms with E-state index >= 15 is 0 Å². The highest BCUT2D eigenvalue weighted by atomic mass is 16.5. The quantitative estimate of drug-likeness (QED) is 0.832. The molecule has 1 amide bonds. The first kappa shape index (κ1) is 13.5. The lowest BCUT2D eigenvalue weighted by Gasteiger charge is -2.24. The Kier molecular flexibility index (Phi) is 3.52. The van der Waals surface area contributed by atoms with Gasteiger partial charge in [0.1, 0.15) is 12.4 Å². The highest BCUT2D eigenvalue weighted by Crippen LogP contribution is 2.27. The normalized spacial score (nSPS) is 16.7. The largest absolute Gasteiger partial charge is 0.492 e. The molecule has 0 aromatic heterocycles. The zero-order valence-corrected chi connectivity index (χ0v) is 11.9. The van der Waals surface area contributed by atoms with Gasteiger partial charge in [-0.3, -0.25) is 4.79 Å². The molecule has 3 rings (SSSR count). The minimum absolute atomic E-state index is 0.0197. The molecule has 1 atom stereocenters. The number of ether oxygens (including phenoxy) is 1. The Morgan fingerprint density at radius 3 is 2.90 bits per heavy atom. The van der Waals surface area contributed by atoms with Crippen LogP contribution in [0.3, 0.4) is 0 Å². The second kappa shape index (κ2) is 5.48. The summed E-state index contributed by atoms with van der Waals surface area (Å²) >= 11 is 0. The summed E-state index contributed by atoms with van der Waals surface area (Å²) in [5.74, 6) is 0.691. The van der Waals surface area contributed by atoms with Crippen LogP contribution in [0.25, 0.3) is 0 Å². The van der Waals surface area contributed by atoms with Crippen molar-refractivity contribution in [1.29, 1.82) is 0 Å². The molecule has 0 spiro atoms. The van der Waals surface area contributed by atoms with Crippen molar-refractivity contribution in [3.63, 3.8) is 0 Å². The van der Waals surface area contributed by atoms with E-state index in [1.165, 1.54) is 0 Å². The minimum atomic E-state index is -0.169. The molecule has 1 aliphatic heterocycles. The molecule has 0 bridgehead atoms. The number of amides is 1. The summed E-state index contributed by atoms with van der Waals surface area (Å²) in [7, 11) is 0. The van der Waals surface area contributed by atoms with Gasteiger partial charge in [0.05, 0.1) is 5.92 Å². The molecular formula is C17H18N2O2. The summed E-state index contributed by atoms with van der Waals surface area (Å²) in [6.07, 6.45) is 0.704. The Hall–Kier alpha value is -2.49. The standard InChI is InChI=1S/C17H18N2O2/c1-11-8-14(6-7-15(11)18)19-17(20)13-9-12-4-2-3-5-16(12)21-10-13/h2-8,13H,9-10,18H2,1H3,(H,19,20). The van der Waals surface area contributed by atoms with Gasteiger partial charge in [-0.1, -0.05) is 18.2 Å². The number of para-hydroxylation sites is 1. The lowest BCUT2D eigenvalue weighted by atomic mass is 9.96.